The van der Waals surface area contributed by atoms with E-state index in [0.29, 0.717) is 13.2 Å². The second-order valence-electron chi connectivity index (χ2n) is 8.62. The van der Waals surface area contributed by atoms with Gasteiger partial charge in [-0.2, -0.15) is 0 Å². The van der Waals surface area contributed by atoms with Gasteiger partial charge in [0.25, 0.3) is 0 Å². The third kappa shape index (κ3) is 25.9. The molecule has 0 saturated carbocycles. The average Bonchev–Trinajstić information content (AvgIpc) is 2.71. The molecule has 0 aliphatic rings. The fourth-order valence-electron chi connectivity index (χ4n) is 3.85. The minimum atomic E-state index is 0.353. The normalized spacial score (nSPS) is 11.4. The van der Waals surface area contributed by atoms with Crippen LogP contribution in [0.25, 0.3) is 0 Å². The summed E-state index contributed by atoms with van der Waals surface area (Å²) in [6.45, 7) is 3.08. The maximum absolute atomic E-state index is 8.74. The summed E-state index contributed by atoms with van der Waals surface area (Å²) in [5.74, 6) is 0. The molecule has 0 radical (unpaired) electrons. The molecule has 0 rings (SSSR count). The Morgan fingerprint density at radius 2 is 0.500 bits per heavy atom. The van der Waals surface area contributed by atoms with Gasteiger partial charge in [0, 0.05) is 13.2 Å². The molecule has 28 heavy (non-hydrogen) atoms. The standard InChI is InChI=1S/C25H53NO2/c27-24-20-16-12-10-8-6-4-2-1-3-5-7-9-11-14-18-22-26-23-19-15-13-17-21-25-28/h26-28H,1-25H2. The molecule has 3 heteroatoms. The van der Waals surface area contributed by atoms with Gasteiger partial charge in [-0.15, -0.1) is 0 Å². The largest absolute Gasteiger partial charge is 0.396 e. The Morgan fingerprint density at radius 3 is 0.750 bits per heavy atom. The number of nitrogens with one attached hydrogen (secondary N) is 1. The Morgan fingerprint density at radius 1 is 0.286 bits per heavy atom. The van der Waals surface area contributed by atoms with E-state index in [4.69, 9.17) is 10.2 Å². The maximum Gasteiger partial charge on any atom is 0.0431 e. The molecule has 3 N–H and O–H groups in total. The van der Waals surface area contributed by atoms with Crippen molar-refractivity contribution in [2.45, 2.75) is 135 Å². The quantitative estimate of drug-likeness (QED) is 0.149. The zero-order chi connectivity index (χ0) is 20.4. The van der Waals surface area contributed by atoms with Crippen LogP contribution in [0.15, 0.2) is 0 Å². The molecule has 0 atom stereocenters. The van der Waals surface area contributed by atoms with Crippen LogP contribution in [0.3, 0.4) is 0 Å². The molecule has 0 aliphatic carbocycles. The molecule has 170 valence electrons. The Balaban J connectivity index is 2.96. The molecule has 0 fully saturated rings. The molecule has 0 unspecified atom stereocenters. The highest BCUT2D eigenvalue weighted by atomic mass is 16.3. The van der Waals surface area contributed by atoms with Crippen molar-refractivity contribution in [3.63, 3.8) is 0 Å². The van der Waals surface area contributed by atoms with Crippen LogP contribution in [-0.4, -0.2) is 36.5 Å². The van der Waals surface area contributed by atoms with E-state index >= 15 is 0 Å². The predicted molar refractivity (Wildman–Crippen MR) is 124 cm³/mol. The van der Waals surface area contributed by atoms with Crippen LogP contribution in [0.4, 0.5) is 0 Å². The number of unbranched alkanes of at least 4 members (excludes halogenated alkanes) is 19. The zero-order valence-electron chi connectivity index (χ0n) is 19.1. The molecule has 0 spiro atoms. The van der Waals surface area contributed by atoms with Gasteiger partial charge in [0.1, 0.15) is 0 Å². The van der Waals surface area contributed by atoms with E-state index in [1.54, 1.807) is 0 Å². The molecule has 0 heterocycles. The SMILES string of the molecule is OCCCCCCCCCCCCCCCCCCNCCCCCCCO. The molecular weight excluding hydrogens is 346 g/mol. The van der Waals surface area contributed by atoms with Crippen molar-refractivity contribution in [1.29, 1.82) is 0 Å². The van der Waals surface area contributed by atoms with Crippen LogP contribution < -0.4 is 5.32 Å². The summed E-state index contributed by atoms with van der Waals surface area (Å²) in [7, 11) is 0. The van der Waals surface area contributed by atoms with Gasteiger partial charge in [-0.1, -0.05) is 109 Å². The molecule has 0 bridgehead atoms. The van der Waals surface area contributed by atoms with Gasteiger partial charge in [-0.05, 0) is 38.8 Å². The lowest BCUT2D eigenvalue weighted by Gasteiger charge is -2.05. The fraction of sp³-hybridized carbons (Fsp3) is 1.00. The van der Waals surface area contributed by atoms with Crippen molar-refractivity contribution in [2.24, 2.45) is 0 Å². The van der Waals surface area contributed by atoms with E-state index in [1.165, 1.54) is 135 Å². The van der Waals surface area contributed by atoms with Gasteiger partial charge >= 0.3 is 0 Å². The summed E-state index contributed by atoms with van der Waals surface area (Å²) in [6, 6.07) is 0. The van der Waals surface area contributed by atoms with Crippen LogP contribution in [0.5, 0.6) is 0 Å². The second-order valence-corrected chi connectivity index (χ2v) is 8.62. The zero-order valence-corrected chi connectivity index (χ0v) is 19.1. The molecule has 0 aliphatic heterocycles. The summed E-state index contributed by atoms with van der Waals surface area (Å²) in [5.41, 5.74) is 0. The Hall–Kier alpha value is -0.120. The first-order valence-electron chi connectivity index (χ1n) is 12.8. The molecule has 0 aromatic heterocycles. The number of aliphatic hydroxyl groups excluding tert-OH is 2. The highest BCUT2D eigenvalue weighted by Gasteiger charge is 1.95. The smallest absolute Gasteiger partial charge is 0.0431 e. The molecule has 0 amide bonds. The average molecular weight is 400 g/mol. The van der Waals surface area contributed by atoms with Gasteiger partial charge in [0.05, 0.1) is 0 Å². The van der Waals surface area contributed by atoms with Gasteiger partial charge in [-0.25, -0.2) is 0 Å². The third-order valence-electron chi connectivity index (χ3n) is 5.77. The van der Waals surface area contributed by atoms with Gasteiger partial charge < -0.3 is 15.5 Å². The molecule has 0 saturated heterocycles. The first kappa shape index (κ1) is 27.9. The van der Waals surface area contributed by atoms with Crippen molar-refractivity contribution in [3.8, 4) is 0 Å². The van der Waals surface area contributed by atoms with Crippen LogP contribution >= 0.6 is 0 Å². The third-order valence-corrected chi connectivity index (χ3v) is 5.77. The van der Waals surface area contributed by atoms with Crippen LogP contribution in [-0.2, 0) is 0 Å². The predicted octanol–water partition coefficient (Wildman–Crippen LogP) is 6.75. The lowest BCUT2D eigenvalue weighted by atomic mass is 10.0. The van der Waals surface area contributed by atoms with E-state index < -0.39 is 0 Å². The van der Waals surface area contributed by atoms with Crippen molar-refractivity contribution >= 4 is 0 Å². The first-order chi connectivity index (χ1) is 13.9. The van der Waals surface area contributed by atoms with Crippen LogP contribution in [0.2, 0.25) is 0 Å². The number of hydrogen-bond acceptors (Lipinski definition) is 3. The van der Waals surface area contributed by atoms with Crippen LogP contribution in [0.1, 0.15) is 135 Å². The number of hydrogen-bond donors (Lipinski definition) is 3. The summed E-state index contributed by atoms with van der Waals surface area (Å²) in [5, 5.41) is 21.0. The summed E-state index contributed by atoms with van der Waals surface area (Å²) < 4.78 is 0. The summed E-state index contributed by atoms with van der Waals surface area (Å²) >= 11 is 0. The van der Waals surface area contributed by atoms with E-state index in [9.17, 15) is 0 Å². The molecule has 0 aromatic rings. The molecule has 3 nitrogen and oxygen atoms in total. The van der Waals surface area contributed by atoms with Gasteiger partial charge in [0.15, 0.2) is 0 Å². The van der Waals surface area contributed by atoms with E-state index in [1.807, 2.05) is 0 Å². The van der Waals surface area contributed by atoms with Gasteiger partial charge in [0.2, 0.25) is 0 Å². The minimum absolute atomic E-state index is 0.353. The van der Waals surface area contributed by atoms with Crippen molar-refractivity contribution in [3.05, 3.63) is 0 Å². The highest BCUT2D eigenvalue weighted by Crippen LogP contribution is 2.13. The first-order valence-corrected chi connectivity index (χ1v) is 12.8. The van der Waals surface area contributed by atoms with E-state index in [0.717, 1.165) is 12.8 Å². The lowest BCUT2D eigenvalue weighted by Crippen LogP contribution is -2.16. The Bertz CT molecular complexity index is 235. The van der Waals surface area contributed by atoms with Crippen LogP contribution in [0, 0.1) is 0 Å². The molecule has 0 aromatic carbocycles. The Labute approximate surface area is 177 Å². The second kappa shape index (κ2) is 26.9. The topological polar surface area (TPSA) is 52.5 Å². The molecular formula is C25H53NO2. The number of aliphatic hydroxyl groups is 2. The maximum atomic E-state index is 8.74. The summed E-state index contributed by atoms with van der Waals surface area (Å²) in [6.07, 6.45) is 27.9. The van der Waals surface area contributed by atoms with E-state index in [-0.39, 0.29) is 0 Å². The highest BCUT2D eigenvalue weighted by molar-refractivity contribution is 4.53. The van der Waals surface area contributed by atoms with Crippen molar-refractivity contribution < 1.29 is 10.2 Å². The lowest BCUT2D eigenvalue weighted by molar-refractivity contribution is 0.282. The number of rotatable bonds is 25. The fourth-order valence-corrected chi connectivity index (χ4v) is 3.85. The van der Waals surface area contributed by atoms with Crippen molar-refractivity contribution in [1.82, 2.24) is 5.32 Å². The Kier molecular flexibility index (Phi) is 26.8. The van der Waals surface area contributed by atoms with Crippen molar-refractivity contribution in [2.75, 3.05) is 26.3 Å². The van der Waals surface area contributed by atoms with E-state index in [2.05, 4.69) is 5.32 Å². The summed E-state index contributed by atoms with van der Waals surface area (Å²) in [4.78, 5) is 0. The minimum Gasteiger partial charge on any atom is -0.396 e. The monoisotopic (exact) mass is 399 g/mol. The van der Waals surface area contributed by atoms with Gasteiger partial charge in [-0.3, -0.25) is 0 Å².